The first-order chi connectivity index (χ1) is 14.7. The maximum absolute atomic E-state index is 12.7. The predicted molar refractivity (Wildman–Crippen MR) is 120 cm³/mol. The normalized spacial score (nSPS) is 15.1. The summed E-state index contributed by atoms with van der Waals surface area (Å²) < 4.78 is 5.86. The molecule has 0 saturated carbocycles. The molecule has 0 bridgehead atoms. The number of imide groups is 1. The second-order valence-corrected chi connectivity index (χ2v) is 7.91. The third-order valence-electron chi connectivity index (χ3n) is 4.74. The molecular weight excluding hydrogens is 394 g/mol. The zero-order valence-electron chi connectivity index (χ0n) is 16.4. The lowest BCUT2D eigenvalue weighted by Gasteiger charge is -2.12. The summed E-state index contributed by atoms with van der Waals surface area (Å²) >= 11 is 0.986. The van der Waals surface area contributed by atoms with Gasteiger partial charge in [0.1, 0.15) is 12.4 Å². The van der Waals surface area contributed by atoms with Gasteiger partial charge < -0.3 is 4.74 Å². The number of carbonyl (C=O) groups excluding carboxylic acids is 2. The molecule has 0 radical (unpaired) electrons. The first-order valence-electron chi connectivity index (χ1n) is 9.75. The van der Waals surface area contributed by atoms with Gasteiger partial charge in [-0.25, -0.2) is 0 Å². The van der Waals surface area contributed by atoms with E-state index in [1.165, 1.54) is 4.90 Å². The van der Waals surface area contributed by atoms with Gasteiger partial charge in [0, 0.05) is 6.54 Å². The molecule has 4 nitrogen and oxygen atoms in total. The Morgan fingerprint density at radius 3 is 2.27 bits per heavy atom. The monoisotopic (exact) mass is 415 g/mol. The number of ether oxygens (including phenoxy) is 1. The van der Waals surface area contributed by atoms with Crippen LogP contribution >= 0.6 is 11.8 Å². The minimum atomic E-state index is -0.239. The van der Waals surface area contributed by atoms with Gasteiger partial charge in [-0.15, -0.1) is 0 Å². The molecule has 2 amide bonds. The first kappa shape index (κ1) is 20.0. The van der Waals surface area contributed by atoms with Crippen LogP contribution in [0.5, 0.6) is 5.75 Å². The summed E-state index contributed by atoms with van der Waals surface area (Å²) in [5.41, 5.74) is 3.01. The van der Waals surface area contributed by atoms with Crippen molar-refractivity contribution in [2.45, 2.75) is 13.0 Å². The van der Waals surface area contributed by atoms with Crippen molar-refractivity contribution < 1.29 is 14.3 Å². The zero-order chi connectivity index (χ0) is 20.8. The second-order valence-electron chi connectivity index (χ2n) is 6.92. The molecule has 1 heterocycles. The third kappa shape index (κ3) is 4.99. The van der Waals surface area contributed by atoms with Crippen molar-refractivity contribution in [3.63, 3.8) is 0 Å². The van der Waals surface area contributed by atoms with E-state index in [1.54, 1.807) is 6.08 Å². The second kappa shape index (κ2) is 9.46. The van der Waals surface area contributed by atoms with E-state index in [2.05, 4.69) is 0 Å². The molecule has 3 aromatic rings. The number of thioether (sulfide) groups is 1. The minimum Gasteiger partial charge on any atom is -0.489 e. The Bertz CT molecular complexity index is 1060. The molecule has 0 aliphatic carbocycles. The minimum absolute atomic E-state index is 0.223. The Kier molecular flexibility index (Phi) is 6.30. The molecule has 0 aromatic heterocycles. The Balaban J connectivity index is 1.41. The molecule has 5 heteroatoms. The van der Waals surface area contributed by atoms with E-state index < -0.39 is 0 Å². The van der Waals surface area contributed by atoms with Crippen LogP contribution < -0.4 is 4.74 Å². The predicted octanol–water partition coefficient (Wildman–Crippen LogP) is 5.54. The van der Waals surface area contributed by atoms with Gasteiger partial charge in [0.2, 0.25) is 0 Å². The fourth-order valence-electron chi connectivity index (χ4n) is 3.16. The topological polar surface area (TPSA) is 46.6 Å². The van der Waals surface area contributed by atoms with Gasteiger partial charge in [-0.2, -0.15) is 0 Å². The maximum Gasteiger partial charge on any atom is 0.293 e. The van der Waals surface area contributed by atoms with Gasteiger partial charge in [-0.1, -0.05) is 72.8 Å². The van der Waals surface area contributed by atoms with Crippen molar-refractivity contribution in [1.82, 2.24) is 4.90 Å². The Morgan fingerprint density at radius 2 is 1.53 bits per heavy atom. The summed E-state index contributed by atoms with van der Waals surface area (Å²) in [5.74, 6) is 0.479. The van der Waals surface area contributed by atoms with Crippen molar-refractivity contribution in [2.75, 3.05) is 6.54 Å². The highest BCUT2D eigenvalue weighted by atomic mass is 32.2. The van der Waals surface area contributed by atoms with Crippen LogP contribution in [0.4, 0.5) is 4.79 Å². The average Bonchev–Trinajstić information content (AvgIpc) is 3.05. The fourth-order valence-corrected chi connectivity index (χ4v) is 4.03. The fraction of sp³-hybridized carbons (Fsp3) is 0.120. The van der Waals surface area contributed by atoms with Gasteiger partial charge in [-0.05, 0) is 53.1 Å². The summed E-state index contributed by atoms with van der Waals surface area (Å²) in [4.78, 5) is 26.8. The quantitative estimate of drug-likeness (QED) is 0.475. The van der Waals surface area contributed by atoms with Crippen molar-refractivity contribution >= 4 is 29.0 Å². The van der Waals surface area contributed by atoms with Crippen molar-refractivity contribution in [2.24, 2.45) is 0 Å². The number of carbonyl (C=O) groups is 2. The van der Waals surface area contributed by atoms with Crippen LogP contribution in [0.15, 0.2) is 89.8 Å². The van der Waals surface area contributed by atoms with Crippen LogP contribution in [0, 0.1) is 0 Å². The van der Waals surface area contributed by atoms with Gasteiger partial charge in [0.25, 0.3) is 11.1 Å². The average molecular weight is 416 g/mol. The SMILES string of the molecule is O=C1S/C(=C/c2cccc(OCc3ccccc3)c2)C(=O)N1CCc1ccccc1. The number of hydrogen-bond acceptors (Lipinski definition) is 4. The lowest BCUT2D eigenvalue weighted by molar-refractivity contribution is -0.122. The molecule has 0 spiro atoms. The molecule has 0 atom stereocenters. The van der Waals surface area contributed by atoms with Crippen LogP contribution in [-0.2, 0) is 17.8 Å². The molecule has 30 heavy (non-hydrogen) atoms. The molecule has 150 valence electrons. The molecule has 1 saturated heterocycles. The van der Waals surface area contributed by atoms with Gasteiger partial charge in [0.05, 0.1) is 4.91 Å². The highest BCUT2D eigenvalue weighted by molar-refractivity contribution is 8.18. The summed E-state index contributed by atoms with van der Waals surface area (Å²) in [7, 11) is 0. The zero-order valence-corrected chi connectivity index (χ0v) is 17.2. The Morgan fingerprint density at radius 1 is 0.833 bits per heavy atom. The molecule has 0 unspecified atom stereocenters. The smallest absolute Gasteiger partial charge is 0.293 e. The van der Waals surface area contributed by atoms with E-state index in [4.69, 9.17) is 4.74 Å². The summed E-state index contributed by atoms with van der Waals surface area (Å²) in [5, 5.41) is -0.223. The molecule has 1 fully saturated rings. The van der Waals surface area contributed by atoms with Crippen molar-refractivity contribution in [3.8, 4) is 5.75 Å². The van der Waals surface area contributed by atoms with Crippen LogP contribution in [0.25, 0.3) is 6.08 Å². The van der Waals surface area contributed by atoms with E-state index in [-0.39, 0.29) is 11.1 Å². The van der Waals surface area contributed by atoms with E-state index in [9.17, 15) is 9.59 Å². The van der Waals surface area contributed by atoms with Crippen LogP contribution in [0.2, 0.25) is 0 Å². The summed E-state index contributed by atoms with van der Waals surface area (Å²) in [6, 6.07) is 27.3. The Labute approximate surface area is 180 Å². The number of benzene rings is 3. The largest absolute Gasteiger partial charge is 0.489 e. The van der Waals surface area contributed by atoms with E-state index in [1.807, 2.05) is 84.9 Å². The van der Waals surface area contributed by atoms with E-state index in [0.717, 1.165) is 34.2 Å². The number of rotatable bonds is 7. The number of amides is 2. The summed E-state index contributed by atoms with van der Waals surface area (Å²) in [6.45, 7) is 0.854. The van der Waals surface area contributed by atoms with Crippen LogP contribution in [0.3, 0.4) is 0 Å². The van der Waals surface area contributed by atoms with Crippen molar-refractivity contribution in [3.05, 3.63) is 107 Å². The standard InChI is InChI=1S/C25H21NO3S/c27-24-23(30-25(28)26(24)15-14-19-8-3-1-4-9-19)17-21-12-7-13-22(16-21)29-18-20-10-5-2-6-11-20/h1-13,16-17H,14-15,18H2/b23-17+. The third-order valence-corrected chi connectivity index (χ3v) is 5.65. The van der Waals surface area contributed by atoms with E-state index >= 15 is 0 Å². The number of hydrogen-bond donors (Lipinski definition) is 0. The molecule has 1 aliphatic heterocycles. The first-order valence-corrected chi connectivity index (χ1v) is 10.6. The Hall–Kier alpha value is -3.31. The lowest BCUT2D eigenvalue weighted by Crippen LogP contribution is -2.30. The van der Waals surface area contributed by atoms with Crippen LogP contribution in [-0.4, -0.2) is 22.6 Å². The highest BCUT2D eigenvalue weighted by Gasteiger charge is 2.34. The highest BCUT2D eigenvalue weighted by Crippen LogP contribution is 2.32. The maximum atomic E-state index is 12.7. The van der Waals surface area contributed by atoms with Gasteiger partial charge in [0.15, 0.2) is 0 Å². The molecule has 3 aromatic carbocycles. The van der Waals surface area contributed by atoms with Gasteiger partial charge >= 0.3 is 0 Å². The van der Waals surface area contributed by atoms with Crippen LogP contribution in [0.1, 0.15) is 16.7 Å². The lowest BCUT2D eigenvalue weighted by atomic mass is 10.1. The van der Waals surface area contributed by atoms with Crippen molar-refractivity contribution in [1.29, 1.82) is 0 Å². The molecule has 4 rings (SSSR count). The van der Waals surface area contributed by atoms with Gasteiger partial charge in [-0.3, -0.25) is 14.5 Å². The van der Waals surface area contributed by atoms with E-state index in [0.29, 0.717) is 24.5 Å². The molecule has 0 N–H and O–H groups in total. The summed E-state index contributed by atoms with van der Waals surface area (Å²) in [6.07, 6.45) is 2.40. The molecule has 1 aliphatic rings. The molecular formula is C25H21NO3S. The number of nitrogens with zero attached hydrogens (tertiary/aromatic N) is 1.